The van der Waals surface area contributed by atoms with Crippen LogP contribution in [0.4, 0.5) is 0 Å². The molecular weight excluding hydrogens is 338 g/mol. The lowest BCUT2D eigenvalue weighted by Crippen LogP contribution is -2.41. The van der Waals surface area contributed by atoms with E-state index in [2.05, 4.69) is 22.0 Å². The number of fused-ring (bicyclic) bond motifs is 1. The Kier molecular flexibility index (Phi) is 4.86. The van der Waals surface area contributed by atoms with Gasteiger partial charge in [0.15, 0.2) is 0 Å². The normalized spacial score (nSPS) is 19.1. The zero-order valence-corrected chi connectivity index (χ0v) is 15.4. The van der Waals surface area contributed by atoms with Crippen molar-refractivity contribution in [3.8, 4) is 0 Å². The van der Waals surface area contributed by atoms with Crippen molar-refractivity contribution in [3.05, 3.63) is 71.7 Å². The molecule has 1 N–H and O–H groups in total. The number of rotatable bonds is 4. The number of hydrogen-bond acceptors (Lipinski definition) is 4. The molecule has 2 unspecified atom stereocenters. The molecule has 0 spiro atoms. The molecule has 1 aromatic carbocycles. The molecule has 1 aliphatic heterocycles. The van der Waals surface area contributed by atoms with Crippen LogP contribution in [0, 0.1) is 12.8 Å². The highest BCUT2D eigenvalue weighted by Gasteiger charge is 2.32. The summed E-state index contributed by atoms with van der Waals surface area (Å²) in [6.45, 7) is 3.38. The Labute approximate surface area is 158 Å². The highest BCUT2D eigenvalue weighted by Crippen LogP contribution is 2.31. The summed E-state index contributed by atoms with van der Waals surface area (Å²) in [6.07, 6.45) is 3.46. The number of likely N-dealkylation sites (tertiary alicyclic amines) is 1. The summed E-state index contributed by atoms with van der Waals surface area (Å²) in [4.78, 5) is 23.3. The van der Waals surface area contributed by atoms with Crippen LogP contribution in [0.3, 0.4) is 0 Å². The average Bonchev–Trinajstić information content (AvgIpc) is 2.70. The fourth-order valence-corrected chi connectivity index (χ4v) is 3.84. The van der Waals surface area contributed by atoms with Gasteiger partial charge in [-0.1, -0.05) is 30.3 Å². The summed E-state index contributed by atoms with van der Waals surface area (Å²) in [5.41, 5.74) is 3.87. The number of carboxylic acids is 1. The van der Waals surface area contributed by atoms with Gasteiger partial charge in [0.05, 0.1) is 28.9 Å². The van der Waals surface area contributed by atoms with E-state index < -0.39 is 5.97 Å². The number of aromatic nitrogens is 2. The number of aliphatic carboxylic acids is 1. The number of nitrogens with zero attached hydrogens (tertiary/aromatic N) is 3. The maximum atomic E-state index is 11.6. The third-order valence-electron chi connectivity index (χ3n) is 5.28. The predicted octanol–water partition coefficient (Wildman–Crippen LogP) is 3.82. The minimum Gasteiger partial charge on any atom is -0.481 e. The Bertz CT molecular complexity index is 955. The van der Waals surface area contributed by atoms with Crippen LogP contribution in [0.1, 0.15) is 35.8 Å². The summed E-state index contributed by atoms with van der Waals surface area (Å²) in [5, 5.41) is 10.6. The zero-order chi connectivity index (χ0) is 18.8. The van der Waals surface area contributed by atoms with Crippen molar-refractivity contribution in [3.63, 3.8) is 0 Å². The number of pyridine rings is 2. The lowest BCUT2D eigenvalue weighted by molar-refractivity contribution is -0.143. The molecule has 3 aromatic rings. The van der Waals surface area contributed by atoms with Crippen LogP contribution >= 0.6 is 0 Å². The fraction of sp³-hybridized carbons (Fsp3) is 0.318. The lowest BCUT2D eigenvalue weighted by Gasteiger charge is -2.36. The SMILES string of the molecule is Cc1ccc(C(c2ccc3ccccc3n2)N2CCCC(C(=O)O)C2)nc1. The van der Waals surface area contributed by atoms with Gasteiger partial charge in [-0.15, -0.1) is 0 Å². The predicted molar refractivity (Wildman–Crippen MR) is 104 cm³/mol. The molecular formula is C22H23N3O2. The Morgan fingerprint density at radius 2 is 1.96 bits per heavy atom. The van der Waals surface area contributed by atoms with E-state index in [1.807, 2.05) is 49.5 Å². The van der Waals surface area contributed by atoms with Crippen LogP contribution < -0.4 is 0 Å². The van der Waals surface area contributed by atoms with Crippen molar-refractivity contribution < 1.29 is 9.90 Å². The molecule has 138 valence electrons. The summed E-state index contributed by atoms with van der Waals surface area (Å²) in [7, 11) is 0. The zero-order valence-electron chi connectivity index (χ0n) is 15.4. The van der Waals surface area contributed by atoms with Crippen LogP contribution in [-0.4, -0.2) is 39.0 Å². The van der Waals surface area contributed by atoms with Crippen molar-refractivity contribution in [2.45, 2.75) is 25.8 Å². The monoisotopic (exact) mass is 361 g/mol. The first-order valence-corrected chi connectivity index (χ1v) is 9.37. The first-order chi connectivity index (χ1) is 13.1. The summed E-state index contributed by atoms with van der Waals surface area (Å²) in [6, 6.07) is 16.1. The largest absolute Gasteiger partial charge is 0.481 e. The van der Waals surface area contributed by atoms with Crippen LogP contribution in [0.5, 0.6) is 0 Å². The third-order valence-corrected chi connectivity index (χ3v) is 5.28. The molecule has 0 radical (unpaired) electrons. The molecule has 1 saturated heterocycles. The maximum absolute atomic E-state index is 11.6. The summed E-state index contributed by atoms with van der Waals surface area (Å²) in [5.74, 6) is -1.06. The molecule has 2 atom stereocenters. The van der Waals surface area contributed by atoms with Crippen LogP contribution in [0.25, 0.3) is 10.9 Å². The van der Waals surface area contributed by atoms with E-state index >= 15 is 0 Å². The molecule has 4 rings (SSSR count). The van der Waals surface area contributed by atoms with E-state index in [0.29, 0.717) is 6.54 Å². The number of aryl methyl sites for hydroxylation is 1. The van der Waals surface area contributed by atoms with Crippen molar-refractivity contribution in [1.82, 2.24) is 14.9 Å². The van der Waals surface area contributed by atoms with Crippen molar-refractivity contribution >= 4 is 16.9 Å². The van der Waals surface area contributed by atoms with Crippen molar-refractivity contribution in [1.29, 1.82) is 0 Å². The molecule has 5 heteroatoms. The van der Waals surface area contributed by atoms with Gasteiger partial charge in [-0.25, -0.2) is 0 Å². The average molecular weight is 361 g/mol. The minimum atomic E-state index is -0.721. The second kappa shape index (κ2) is 7.45. The van der Waals surface area contributed by atoms with Gasteiger partial charge in [0.1, 0.15) is 0 Å². The number of hydrogen-bond donors (Lipinski definition) is 1. The molecule has 0 aliphatic carbocycles. The molecule has 0 amide bonds. The Morgan fingerprint density at radius 3 is 2.74 bits per heavy atom. The smallest absolute Gasteiger partial charge is 0.307 e. The topological polar surface area (TPSA) is 66.3 Å². The molecule has 1 fully saturated rings. The second-order valence-corrected chi connectivity index (χ2v) is 7.26. The Morgan fingerprint density at radius 1 is 1.15 bits per heavy atom. The standard InChI is InChI=1S/C22H23N3O2/c1-15-8-10-19(23-13-15)21(25-12-4-6-17(14-25)22(26)27)20-11-9-16-5-2-3-7-18(16)24-20/h2-3,5,7-11,13,17,21H,4,6,12,14H2,1H3,(H,26,27). The highest BCUT2D eigenvalue weighted by molar-refractivity contribution is 5.78. The van der Waals surface area contributed by atoms with Gasteiger partial charge in [-0.2, -0.15) is 0 Å². The van der Waals surface area contributed by atoms with Gasteiger partial charge in [0.2, 0.25) is 0 Å². The van der Waals surface area contributed by atoms with E-state index in [1.54, 1.807) is 0 Å². The van der Waals surface area contributed by atoms with Crippen molar-refractivity contribution in [2.75, 3.05) is 13.1 Å². The fourth-order valence-electron chi connectivity index (χ4n) is 3.84. The first kappa shape index (κ1) is 17.6. The van der Waals surface area contributed by atoms with E-state index in [1.165, 1.54) is 0 Å². The van der Waals surface area contributed by atoms with Crippen LogP contribution in [0.2, 0.25) is 0 Å². The first-order valence-electron chi connectivity index (χ1n) is 9.37. The van der Waals surface area contributed by atoms with Gasteiger partial charge < -0.3 is 5.11 Å². The van der Waals surface area contributed by atoms with Gasteiger partial charge in [-0.05, 0) is 50.1 Å². The summed E-state index contributed by atoms with van der Waals surface area (Å²) < 4.78 is 0. The van der Waals surface area contributed by atoms with E-state index in [0.717, 1.165) is 47.2 Å². The number of carbonyl (C=O) groups is 1. The van der Waals surface area contributed by atoms with Crippen molar-refractivity contribution in [2.24, 2.45) is 5.92 Å². The van der Waals surface area contributed by atoms with Gasteiger partial charge >= 0.3 is 5.97 Å². The minimum absolute atomic E-state index is 0.141. The van der Waals surface area contributed by atoms with Crippen LogP contribution in [-0.2, 0) is 4.79 Å². The number of piperidine rings is 1. The van der Waals surface area contributed by atoms with Gasteiger partial charge in [0, 0.05) is 18.1 Å². The van der Waals surface area contributed by atoms with Crippen LogP contribution in [0.15, 0.2) is 54.7 Å². The number of para-hydroxylation sites is 1. The molecule has 0 bridgehead atoms. The quantitative estimate of drug-likeness (QED) is 0.765. The molecule has 27 heavy (non-hydrogen) atoms. The lowest BCUT2D eigenvalue weighted by atomic mass is 9.94. The van der Waals surface area contributed by atoms with Gasteiger partial charge in [0.25, 0.3) is 0 Å². The Balaban J connectivity index is 1.77. The van der Waals surface area contributed by atoms with E-state index in [-0.39, 0.29) is 12.0 Å². The number of benzene rings is 1. The highest BCUT2D eigenvalue weighted by atomic mass is 16.4. The molecule has 1 aliphatic rings. The maximum Gasteiger partial charge on any atom is 0.307 e. The molecule has 2 aromatic heterocycles. The third kappa shape index (κ3) is 3.69. The van der Waals surface area contributed by atoms with E-state index in [4.69, 9.17) is 4.98 Å². The number of carboxylic acid groups (broad SMARTS) is 1. The van der Waals surface area contributed by atoms with Gasteiger partial charge in [-0.3, -0.25) is 19.7 Å². The van der Waals surface area contributed by atoms with E-state index in [9.17, 15) is 9.90 Å². The molecule has 3 heterocycles. The molecule has 0 saturated carbocycles. The summed E-state index contributed by atoms with van der Waals surface area (Å²) >= 11 is 0. The second-order valence-electron chi connectivity index (χ2n) is 7.26. The molecule has 5 nitrogen and oxygen atoms in total. The Hall–Kier alpha value is -2.79.